The summed E-state index contributed by atoms with van der Waals surface area (Å²) in [7, 11) is 0. The third-order valence-electron chi connectivity index (χ3n) is 11.1. The van der Waals surface area contributed by atoms with Crippen molar-refractivity contribution in [2.45, 2.75) is 121 Å². The molecular formula is C44H55IrN2O3S2-. The molecule has 0 spiro atoms. The van der Waals surface area contributed by atoms with E-state index in [4.69, 9.17) is 9.40 Å². The molecule has 2 aromatic carbocycles. The molecule has 1 radical (unpaired) electrons. The number of aryl methyl sites for hydroxylation is 1. The van der Waals surface area contributed by atoms with Gasteiger partial charge in [-0.2, -0.15) is 11.3 Å². The second-order valence-electron chi connectivity index (χ2n) is 16.0. The van der Waals surface area contributed by atoms with Gasteiger partial charge in [-0.25, -0.2) is 4.98 Å². The van der Waals surface area contributed by atoms with Crippen LogP contribution in [0.15, 0.2) is 52.2 Å². The van der Waals surface area contributed by atoms with Crippen LogP contribution in [0.4, 0.5) is 0 Å². The third kappa shape index (κ3) is 7.97. The summed E-state index contributed by atoms with van der Waals surface area (Å²) in [6, 6.07) is 12.4. The molecule has 0 bridgehead atoms. The van der Waals surface area contributed by atoms with Gasteiger partial charge in [0, 0.05) is 63.1 Å². The smallest absolute Gasteiger partial charge is 0.223 e. The molecule has 0 fully saturated rings. The molecule has 0 saturated carbocycles. The number of aliphatic hydroxyl groups is 1. The van der Waals surface area contributed by atoms with Crippen molar-refractivity contribution >= 4 is 70.7 Å². The summed E-state index contributed by atoms with van der Waals surface area (Å²) < 4.78 is 8.84. The maximum Gasteiger partial charge on any atom is 0.223 e. The average Bonchev–Trinajstić information content (AvgIpc) is 3.81. The first kappa shape index (κ1) is 41.8. The van der Waals surface area contributed by atoms with E-state index in [1.807, 2.05) is 52.9 Å². The molecule has 6 aromatic rings. The fourth-order valence-electron chi connectivity index (χ4n) is 6.65. The van der Waals surface area contributed by atoms with Crippen LogP contribution in [0.2, 0.25) is 0 Å². The number of furan rings is 1. The number of nitrogens with zero attached hydrogens (tertiary/aromatic N) is 2. The molecule has 4 heterocycles. The van der Waals surface area contributed by atoms with Crippen LogP contribution in [-0.2, 0) is 36.7 Å². The summed E-state index contributed by atoms with van der Waals surface area (Å²) in [6.45, 7) is 25.7. The van der Waals surface area contributed by atoms with Gasteiger partial charge in [-0.3, -0.25) is 9.78 Å². The molecule has 281 valence electrons. The topological polar surface area (TPSA) is 76.2 Å². The number of rotatable bonds is 10. The molecule has 1 N–H and O–H groups in total. The Labute approximate surface area is 331 Å². The van der Waals surface area contributed by atoms with Crippen LogP contribution in [0, 0.1) is 29.7 Å². The van der Waals surface area contributed by atoms with Crippen LogP contribution in [0.1, 0.15) is 118 Å². The zero-order chi connectivity index (χ0) is 37.5. The number of hydrogen-bond acceptors (Lipinski definition) is 7. The van der Waals surface area contributed by atoms with Crippen LogP contribution < -0.4 is 0 Å². The van der Waals surface area contributed by atoms with Gasteiger partial charge in [0.15, 0.2) is 5.78 Å². The first-order valence-electron chi connectivity index (χ1n) is 18.5. The maximum absolute atomic E-state index is 12.2. The predicted molar refractivity (Wildman–Crippen MR) is 219 cm³/mol. The monoisotopic (exact) mass is 916 g/mol. The predicted octanol–water partition coefficient (Wildman–Crippen LogP) is 13.7. The summed E-state index contributed by atoms with van der Waals surface area (Å²) in [4.78, 5) is 22.9. The van der Waals surface area contributed by atoms with Gasteiger partial charge in [0.05, 0.1) is 0 Å². The number of benzene rings is 2. The zero-order valence-electron chi connectivity index (χ0n) is 33.0. The van der Waals surface area contributed by atoms with E-state index in [1.54, 1.807) is 17.7 Å². The molecule has 0 atom stereocenters. The molecule has 0 aliphatic carbocycles. The van der Waals surface area contributed by atoms with Gasteiger partial charge in [0.2, 0.25) is 5.71 Å². The Morgan fingerprint density at radius 1 is 0.942 bits per heavy atom. The van der Waals surface area contributed by atoms with E-state index in [1.165, 1.54) is 36.9 Å². The first-order valence-corrected chi connectivity index (χ1v) is 20.2. The van der Waals surface area contributed by atoms with Crippen molar-refractivity contribution in [3.63, 3.8) is 0 Å². The number of aromatic nitrogens is 2. The van der Waals surface area contributed by atoms with Crippen molar-refractivity contribution in [1.29, 1.82) is 0 Å². The van der Waals surface area contributed by atoms with E-state index in [2.05, 4.69) is 82.2 Å². The van der Waals surface area contributed by atoms with Gasteiger partial charge < -0.3 is 9.52 Å². The number of aliphatic hydroxyl groups excluding tert-OH is 1. The Morgan fingerprint density at radius 3 is 2.19 bits per heavy atom. The van der Waals surface area contributed by atoms with E-state index < -0.39 is 0 Å². The molecule has 0 aliphatic heterocycles. The van der Waals surface area contributed by atoms with Crippen molar-refractivity contribution in [3.8, 4) is 11.3 Å². The number of carbonyl (C=O) groups is 1. The molecule has 0 unspecified atom stereocenters. The van der Waals surface area contributed by atoms with Gasteiger partial charge in [0.25, 0.3) is 0 Å². The minimum Gasteiger partial charge on any atom is -0.512 e. The van der Waals surface area contributed by atoms with Gasteiger partial charge in [-0.15, -0.1) is 34.9 Å². The van der Waals surface area contributed by atoms with Crippen LogP contribution in [0.3, 0.4) is 0 Å². The van der Waals surface area contributed by atoms with Gasteiger partial charge >= 0.3 is 0 Å². The van der Waals surface area contributed by atoms with Crippen molar-refractivity contribution in [2.24, 2.45) is 16.7 Å². The fourth-order valence-corrected chi connectivity index (χ4v) is 8.96. The third-order valence-corrected chi connectivity index (χ3v) is 13.3. The number of carbonyl (C=O) groups excluding carboxylic acids is 1. The molecule has 52 heavy (non-hydrogen) atoms. The van der Waals surface area contributed by atoms with Crippen LogP contribution in [0.25, 0.3) is 53.5 Å². The zero-order valence-corrected chi connectivity index (χ0v) is 37.0. The molecule has 0 aliphatic rings. The standard InChI is InChI=1S/C29H27N2OS2.C15H28O2.Ir/c1-15(2)11-20-16(3)34-27-19(20)7-8-22-23(27)24-25(30-14-31-28(24)32-22)18-12-17-9-10-33-26(17)21(13-18)29(4,5)6;1-7-14(5,8-2)12(16)11-13(17)15(6,9-3)10-4;/h7-10,13-15H,11H2,1-6H3;11,16H,7-10H2,1-6H3;/q-1;;/b;12-11-;. The van der Waals surface area contributed by atoms with E-state index in [0.29, 0.717) is 11.6 Å². The summed E-state index contributed by atoms with van der Waals surface area (Å²) in [5.41, 5.74) is 5.59. The summed E-state index contributed by atoms with van der Waals surface area (Å²) >= 11 is 3.64. The Balaban J connectivity index is 0.000000289. The molecule has 4 aromatic heterocycles. The summed E-state index contributed by atoms with van der Waals surface area (Å²) in [5.74, 6) is 0.892. The van der Waals surface area contributed by atoms with E-state index >= 15 is 0 Å². The number of ketones is 1. The number of thiophene rings is 2. The number of hydrogen-bond donors (Lipinski definition) is 1. The van der Waals surface area contributed by atoms with Crippen molar-refractivity contribution in [1.82, 2.24) is 9.97 Å². The Morgan fingerprint density at radius 2 is 1.60 bits per heavy atom. The second kappa shape index (κ2) is 16.2. The fraction of sp³-hybridized carbons (Fsp3) is 0.477. The van der Waals surface area contributed by atoms with Crippen LogP contribution in [-0.4, -0.2) is 20.9 Å². The number of fused-ring (bicyclic) bond motifs is 6. The normalized spacial score (nSPS) is 12.9. The van der Waals surface area contributed by atoms with Gasteiger partial charge in [0.1, 0.15) is 17.7 Å². The van der Waals surface area contributed by atoms with Gasteiger partial charge in [-0.05, 0) is 83.5 Å². The Bertz CT molecular complexity index is 2220. The van der Waals surface area contributed by atoms with Crippen molar-refractivity contribution in [2.75, 3.05) is 0 Å². The molecule has 0 saturated heterocycles. The molecule has 5 nitrogen and oxygen atoms in total. The minimum absolute atomic E-state index is 0. The van der Waals surface area contributed by atoms with Crippen LogP contribution in [0.5, 0.6) is 0 Å². The SMILES string of the molecule is CCC(C)(CC)C(=O)/C=C(\O)C(C)(CC)CC.Cc1sc2c(ccc3oc4ncnc(-c5[c-]c6ccsc6c(C(C)(C)C)c5)c4c32)c1CC(C)C.[Ir]. The second-order valence-corrected chi connectivity index (χ2v) is 18.1. The summed E-state index contributed by atoms with van der Waals surface area (Å²) in [6.07, 6.45) is 7.45. The quantitative estimate of drug-likeness (QED) is 0.0842. The number of allylic oxidation sites excluding steroid dienone is 2. The Hall–Kier alpha value is -2.90. The summed E-state index contributed by atoms with van der Waals surface area (Å²) in [5, 5.41) is 16.9. The molecular weight excluding hydrogens is 861 g/mol. The van der Waals surface area contributed by atoms with Crippen molar-refractivity contribution < 1.29 is 34.4 Å². The molecule has 0 amide bonds. The maximum atomic E-state index is 12.2. The van der Waals surface area contributed by atoms with E-state index in [-0.39, 0.29) is 47.9 Å². The molecule has 8 heteroatoms. The van der Waals surface area contributed by atoms with E-state index in [9.17, 15) is 9.90 Å². The van der Waals surface area contributed by atoms with Gasteiger partial charge in [-0.1, -0.05) is 87.3 Å². The molecule has 6 rings (SSSR count). The van der Waals surface area contributed by atoms with Crippen molar-refractivity contribution in [3.05, 3.63) is 69.9 Å². The minimum atomic E-state index is -0.337. The van der Waals surface area contributed by atoms with Crippen LogP contribution >= 0.6 is 22.7 Å². The van der Waals surface area contributed by atoms with E-state index in [0.717, 1.165) is 65.1 Å². The first-order chi connectivity index (χ1) is 24.0. The average molecular weight is 916 g/mol. The Kier molecular flexibility index (Phi) is 13.1. The largest absolute Gasteiger partial charge is 0.512 e.